The molecule has 6 nitrogen and oxygen atoms in total. The summed E-state index contributed by atoms with van der Waals surface area (Å²) in [6.07, 6.45) is 0.0404. The second-order valence-corrected chi connectivity index (χ2v) is 5.83. The van der Waals surface area contributed by atoms with Crippen molar-refractivity contribution in [2.75, 3.05) is 5.32 Å². The number of hydrogen-bond donors (Lipinski definition) is 1. The van der Waals surface area contributed by atoms with Crippen LogP contribution in [0.15, 0.2) is 36.7 Å². The monoisotopic (exact) mass is 347 g/mol. The number of carbonyl (C=O) groups excluding carboxylic acids is 1. The third-order valence-electron chi connectivity index (χ3n) is 3.90. The number of halogens is 3. The molecule has 1 saturated carbocycles. The fourth-order valence-electron chi connectivity index (χ4n) is 2.53. The van der Waals surface area contributed by atoms with E-state index >= 15 is 0 Å². The highest BCUT2D eigenvalue weighted by Gasteiger charge is 2.37. The number of aromatic nitrogens is 4. The van der Waals surface area contributed by atoms with E-state index in [0.717, 1.165) is 18.9 Å². The minimum atomic E-state index is -4.59. The molecule has 0 aromatic carbocycles. The Bertz CT molecular complexity index is 948. The van der Waals surface area contributed by atoms with Gasteiger partial charge in [0.15, 0.2) is 11.3 Å². The van der Waals surface area contributed by atoms with Crippen molar-refractivity contribution in [3.8, 4) is 0 Å². The first-order chi connectivity index (χ1) is 11.9. The molecule has 0 aliphatic heterocycles. The molecule has 9 heteroatoms. The van der Waals surface area contributed by atoms with E-state index in [4.69, 9.17) is 0 Å². The van der Waals surface area contributed by atoms with Crippen molar-refractivity contribution in [3.05, 3.63) is 53.7 Å². The summed E-state index contributed by atoms with van der Waals surface area (Å²) in [6, 6.07) is 5.41. The van der Waals surface area contributed by atoms with Crippen LogP contribution in [0, 0.1) is 0 Å². The third-order valence-corrected chi connectivity index (χ3v) is 3.90. The first kappa shape index (κ1) is 15.6. The van der Waals surface area contributed by atoms with Gasteiger partial charge in [0.25, 0.3) is 5.91 Å². The SMILES string of the molecule is O=C(Nc1ccncc1)c1cc2nc(C3CC3)cc(C(F)(F)F)n2n1. The first-order valence-electron chi connectivity index (χ1n) is 7.61. The lowest BCUT2D eigenvalue weighted by molar-refractivity contribution is -0.142. The predicted octanol–water partition coefficient (Wildman–Crippen LogP) is 3.27. The number of alkyl halides is 3. The van der Waals surface area contributed by atoms with Gasteiger partial charge in [0, 0.05) is 35.8 Å². The molecule has 1 aliphatic rings. The molecule has 0 atom stereocenters. The van der Waals surface area contributed by atoms with Gasteiger partial charge in [-0.15, -0.1) is 0 Å². The Morgan fingerprint density at radius 3 is 2.56 bits per heavy atom. The molecular weight excluding hydrogens is 335 g/mol. The van der Waals surface area contributed by atoms with Crippen LogP contribution in [0.4, 0.5) is 18.9 Å². The molecule has 1 fully saturated rings. The molecule has 1 aliphatic carbocycles. The number of anilines is 1. The highest BCUT2D eigenvalue weighted by Crippen LogP contribution is 2.41. The van der Waals surface area contributed by atoms with Gasteiger partial charge in [-0.25, -0.2) is 9.50 Å². The number of carbonyl (C=O) groups is 1. The van der Waals surface area contributed by atoms with Gasteiger partial charge < -0.3 is 5.32 Å². The van der Waals surface area contributed by atoms with Gasteiger partial charge in [0.1, 0.15) is 5.69 Å². The molecule has 25 heavy (non-hydrogen) atoms. The summed E-state index contributed by atoms with van der Waals surface area (Å²) >= 11 is 0. The largest absolute Gasteiger partial charge is 0.433 e. The Balaban J connectivity index is 1.75. The van der Waals surface area contributed by atoms with Crippen LogP contribution in [-0.2, 0) is 6.18 Å². The zero-order valence-corrected chi connectivity index (χ0v) is 12.8. The summed E-state index contributed by atoms with van der Waals surface area (Å²) in [5, 5.41) is 6.37. The second kappa shape index (κ2) is 5.54. The number of amides is 1. The van der Waals surface area contributed by atoms with Gasteiger partial charge in [-0.05, 0) is 31.0 Å². The van der Waals surface area contributed by atoms with Crippen molar-refractivity contribution in [2.24, 2.45) is 0 Å². The third kappa shape index (κ3) is 3.04. The average Bonchev–Trinajstić information content (AvgIpc) is 3.32. The highest BCUT2D eigenvalue weighted by atomic mass is 19.4. The quantitative estimate of drug-likeness (QED) is 0.789. The fraction of sp³-hybridized carbons (Fsp3) is 0.250. The number of hydrogen-bond acceptors (Lipinski definition) is 4. The van der Waals surface area contributed by atoms with Crippen LogP contribution >= 0.6 is 0 Å². The van der Waals surface area contributed by atoms with Gasteiger partial charge in [-0.1, -0.05) is 0 Å². The second-order valence-electron chi connectivity index (χ2n) is 5.83. The van der Waals surface area contributed by atoms with Crippen LogP contribution in [0.25, 0.3) is 5.65 Å². The maximum atomic E-state index is 13.3. The Labute approximate surface area is 139 Å². The molecule has 0 saturated heterocycles. The molecule has 0 spiro atoms. The van der Waals surface area contributed by atoms with E-state index in [1.165, 1.54) is 18.5 Å². The van der Waals surface area contributed by atoms with Crippen LogP contribution in [0.5, 0.6) is 0 Å². The molecule has 1 amide bonds. The molecule has 4 rings (SSSR count). The van der Waals surface area contributed by atoms with Crippen molar-refractivity contribution >= 4 is 17.2 Å². The highest BCUT2D eigenvalue weighted by molar-refractivity contribution is 6.03. The molecule has 1 N–H and O–H groups in total. The van der Waals surface area contributed by atoms with E-state index in [2.05, 4.69) is 20.4 Å². The molecule has 0 unspecified atom stereocenters. The van der Waals surface area contributed by atoms with Crippen molar-refractivity contribution in [1.82, 2.24) is 19.6 Å². The lowest BCUT2D eigenvalue weighted by atomic mass is 10.2. The van der Waals surface area contributed by atoms with Gasteiger partial charge in [-0.2, -0.15) is 18.3 Å². The van der Waals surface area contributed by atoms with E-state index in [1.807, 2.05) is 0 Å². The van der Waals surface area contributed by atoms with Crippen LogP contribution in [-0.4, -0.2) is 25.5 Å². The minimum Gasteiger partial charge on any atom is -0.320 e. The Morgan fingerprint density at radius 2 is 1.92 bits per heavy atom. The van der Waals surface area contributed by atoms with Crippen LogP contribution in [0.2, 0.25) is 0 Å². The topological polar surface area (TPSA) is 72.2 Å². The van der Waals surface area contributed by atoms with Crippen molar-refractivity contribution < 1.29 is 18.0 Å². The molecule has 0 bridgehead atoms. The van der Waals surface area contributed by atoms with E-state index < -0.39 is 17.8 Å². The average molecular weight is 347 g/mol. The maximum absolute atomic E-state index is 13.3. The van der Waals surface area contributed by atoms with Crippen LogP contribution in [0.3, 0.4) is 0 Å². The van der Waals surface area contributed by atoms with E-state index in [0.29, 0.717) is 15.9 Å². The summed E-state index contributed by atoms with van der Waals surface area (Å²) in [5.74, 6) is -0.562. The maximum Gasteiger partial charge on any atom is 0.433 e. The number of nitrogens with one attached hydrogen (secondary N) is 1. The summed E-state index contributed by atoms with van der Waals surface area (Å²) in [4.78, 5) is 20.3. The van der Waals surface area contributed by atoms with Crippen LogP contribution in [0.1, 0.15) is 40.6 Å². The zero-order valence-electron chi connectivity index (χ0n) is 12.8. The van der Waals surface area contributed by atoms with Crippen molar-refractivity contribution in [3.63, 3.8) is 0 Å². The number of rotatable bonds is 3. The summed E-state index contributed by atoms with van der Waals surface area (Å²) in [6.45, 7) is 0. The predicted molar refractivity (Wildman–Crippen MR) is 82.2 cm³/mol. The normalized spacial score (nSPS) is 14.7. The molecule has 3 heterocycles. The molecule has 0 radical (unpaired) electrons. The Hall–Kier alpha value is -2.97. The molecular formula is C16H12F3N5O. The fourth-order valence-corrected chi connectivity index (χ4v) is 2.53. The van der Waals surface area contributed by atoms with Gasteiger partial charge in [0.2, 0.25) is 0 Å². The lowest BCUT2D eigenvalue weighted by Crippen LogP contribution is -2.16. The van der Waals surface area contributed by atoms with Gasteiger partial charge >= 0.3 is 6.18 Å². The van der Waals surface area contributed by atoms with Crippen molar-refractivity contribution in [2.45, 2.75) is 24.9 Å². The smallest absolute Gasteiger partial charge is 0.320 e. The van der Waals surface area contributed by atoms with Gasteiger partial charge in [0.05, 0.1) is 0 Å². The van der Waals surface area contributed by atoms with E-state index in [-0.39, 0.29) is 17.3 Å². The zero-order chi connectivity index (χ0) is 17.6. The first-order valence-corrected chi connectivity index (χ1v) is 7.61. The summed E-state index contributed by atoms with van der Waals surface area (Å²) in [5.41, 5.74) is -0.192. The molecule has 3 aromatic heterocycles. The molecule has 3 aromatic rings. The summed E-state index contributed by atoms with van der Waals surface area (Å²) < 4.78 is 40.7. The van der Waals surface area contributed by atoms with E-state index in [9.17, 15) is 18.0 Å². The molecule has 128 valence electrons. The van der Waals surface area contributed by atoms with E-state index in [1.54, 1.807) is 12.1 Å². The van der Waals surface area contributed by atoms with Crippen LogP contribution < -0.4 is 5.32 Å². The minimum absolute atomic E-state index is 0.0107. The lowest BCUT2D eigenvalue weighted by Gasteiger charge is -2.10. The summed E-state index contributed by atoms with van der Waals surface area (Å²) in [7, 11) is 0. The Kier molecular flexibility index (Phi) is 3.45. The van der Waals surface area contributed by atoms with Crippen molar-refractivity contribution in [1.29, 1.82) is 0 Å². The number of fused-ring (bicyclic) bond motifs is 1. The van der Waals surface area contributed by atoms with Gasteiger partial charge in [-0.3, -0.25) is 9.78 Å². The standard InChI is InChI=1S/C16H12F3N5O/c17-16(18,19)13-7-11(9-1-2-9)22-14-8-12(23-24(13)14)15(25)21-10-3-5-20-6-4-10/h3-9H,1-2H2,(H,20,21,25). The Morgan fingerprint density at radius 1 is 1.20 bits per heavy atom. The number of nitrogens with zero attached hydrogens (tertiary/aromatic N) is 4. The number of pyridine rings is 1.